The molecule has 0 aromatic rings. The molecule has 4 heteroatoms. The van der Waals surface area contributed by atoms with E-state index in [1.54, 1.807) is 0 Å². The second kappa shape index (κ2) is 17.6. The zero-order valence-electron chi connectivity index (χ0n) is 3.77. The van der Waals surface area contributed by atoms with E-state index in [1.807, 2.05) is 0 Å². The van der Waals surface area contributed by atoms with E-state index in [4.69, 9.17) is 0 Å². The molecule has 0 nitrogen and oxygen atoms in total. The minimum absolute atomic E-state index is 0. The van der Waals surface area contributed by atoms with Crippen LogP contribution in [0.4, 0.5) is 0 Å². The van der Waals surface area contributed by atoms with Crippen molar-refractivity contribution in [2.24, 2.45) is 0 Å². The van der Waals surface area contributed by atoms with Crippen molar-refractivity contribution in [1.29, 1.82) is 0 Å². The summed E-state index contributed by atoms with van der Waals surface area (Å²) in [6.07, 6.45) is 0. The molecule has 0 amide bonds. The fourth-order valence-electron chi connectivity index (χ4n) is 0. The van der Waals surface area contributed by atoms with E-state index in [-0.39, 0.29) is 77.4 Å². The molecule has 1 atom stereocenters. The first-order chi connectivity index (χ1) is 0. The van der Waals surface area contributed by atoms with E-state index >= 15 is 0 Å². The summed E-state index contributed by atoms with van der Waals surface area (Å²) in [6.45, 7) is 0. The molecule has 0 spiro atoms. The maximum Gasteiger partial charge on any atom is 1.00 e. The zero-order valence-corrected chi connectivity index (χ0v) is 10.3. The molecule has 0 aliphatic heterocycles. The largest absolute Gasteiger partial charge is 1.00 e. The van der Waals surface area contributed by atoms with Crippen molar-refractivity contribution in [3.8, 4) is 0 Å². The van der Waals surface area contributed by atoms with Gasteiger partial charge in [0.15, 0.2) is 0 Å². The third kappa shape index (κ3) is 8.82. The van der Waals surface area contributed by atoms with Crippen molar-refractivity contribution in [3.63, 3.8) is 0 Å². The number of hydrogen-bond acceptors (Lipinski definition) is 0. The van der Waals surface area contributed by atoms with Gasteiger partial charge in [0.2, 0.25) is 0 Å². The van der Waals surface area contributed by atoms with E-state index in [2.05, 4.69) is 0 Å². The van der Waals surface area contributed by atoms with Crippen LogP contribution in [0.3, 0.4) is 0 Å². The summed E-state index contributed by atoms with van der Waals surface area (Å²) in [7, 11) is 0. The van der Waals surface area contributed by atoms with E-state index in [0.29, 0.717) is 0 Å². The van der Waals surface area contributed by atoms with Crippen LogP contribution in [0, 0.1) is 0 Å². The van der Waals surface area contributed by atoms with Crippen molar-refractivity contribution in [1.82, 2.24) is 0 Å². The Balaban J connectivity index is 0. The quantitative estimate of drug-likeness (QED) is 0.278. The fraction of sp³-hybridized carbons (Fsp3) is 0. The Kier molecular flexibility index (Phi) is 136. The van der Waals surface area contributed by atoms with Gasteiger partial charge in [-0.1, -0.05) is 0 Å². The summed E-state index contributed by atoms with van der Waals surface area (Å²) in [5.74, 6) is 0. The minimum atomic E-state index is 0. The summed E-state index contributed by atoms with van der Waals surface area (Å²) < 4.78 is 0. The number of rotatable bonds is 0. The van der Waals surface area contributed by atoms with Gasteiger partial charge in [-0.2, -0.15) is 9.90 Å². The van der Waals surface area contributed by atoms with Crippen molar-refractivity contribution in [3.05, 3.63) is 0 Å². The molecule has 0 aliphatic carbocycles. The van der Waals surface area contributed by atoms with Crippen LogP contribution in [0.1, 0.15) is 1.43 Å². The molecule has 0 aromatic carbocycles. The van der Waals surface area contributed by atoms with Gasteiger partial charge in [0, 0.05) is 36.5 Å². The van der Waals surface area contributed by atoms with Gasteiger partial charge in [0.05, 0.1) is 0 Å². The molecular weight excluding hydrogens is 175 g/mol. The summed E-state index contributed by atoms with van der Waals surface area (Å²) in [4.78, 5) is 0. The van der Waals surface area contributed by atoms with Crippen molar-refractivity contribution in [2.75, 3.05) is 0 Å². The van der Waals surface area contributed by atoms with E-state index in [9.17, 15) is 0 Å². The Morgan fingerprint density at radius 1 is 1.25 bits per heavy atom. The van der Waals surface area contributed by atoms with Gasteiger partial charge in [-0.05, 0) is 0 Å². The van der Waals surface area contributed by atoms with Gasteiger partial charge in [0.25, 0.3) is 0 Å². The summed E-state index contributed by atoms with van der Waals surface area (Å²) in [6, 6.07) is 0. The molecule has 0 radical (unpaired) electrons. The Morgan fingerprint density at radius 2 is 1.25 bits per heavy atom. The fourth-order valence-corrected chi connectivity index (χ4v) is 0. The monoisotopic (exact) mass is 178 g/mol. The second-order valence-electron chi connectivity index (χ2n) is 0. The van der Waals surface area contributed by atoms with Crippen LogP contribution >= 0.6 is 9.90 Å². The Morgan fingerprint density at radius 3 is 1.25 bits per heavy atom. The molecule has 20 valence electrons. The predicted molar refractivity (Wildman–Crippen MR) is 12.2 cm³/mol. The maximum atomic E-state index is 0. The summed E-state index contributed by atoms with van der Waals surface area (Å²) >= 11 is 0. The predicted octanol–water partition coefficient (Wildman–Crippen LogP) is -2.83. The van der Waals surface area contributed by atoms with E-state index < -0.39 is 0 Å². The number of hydrogen-bond donors (Lipinski definition) is 0. The molecule has 0 aromatic heterocycles. The topological polar surface area (TPSA) is 0 Å². The molecule has 0 fully saturated rings. The van der Waals surface area contributed by atoms with E-state index in [0.717, 1.165) is 0 Å². The van der Waals surface area contributed by atoms with E-state index in [1.165, 1.54) is 0 Å². The second-order valence-corrected chi connectivity index (χ2v) is 0. The Labute approximate surface area is 76.5 Å². The van der Waals surface area contributed by atoms with Crippen LogP contribution in [-0.4, -0.2) is 0 Å². The van der Waals surface area contributed by atoms with Crippen LogP contribution in [-0.2, 0) is 36.5 Å². The zero-order chi connectivity index (χ0) is 0. The molecular formula is H4FeNaPZn. The first kappa shape index (κ1) is 30.8. The molecule has 0 saturated carbocycles. The molecule has 0 aliphatic rings. The van der Waals surface area contributed by atoms with Gasteiger partial charge in [-0.15, -0.1) is 0 Å². The Bertz CT molecular complexity index is 11.6. The van der Waals surface area contributed by atoms with Gasteiger partial charge in [0.1, 0.15) is 0 Å². The average molecular weight is 179 g/mol. The average Bonchev–Trinajstić information content (AvgIpc) is 0. The van der Waals surface area contributed by atoms with Crippen molar-refractivity contribution in [2.45, 2.75) is 0 Å². The summed E-state index contributed by atoms with van der Waals surface area (Å²) in [5, 5.41) is 0. The SMILES string of the molecule is P.[Fe].[H-].[Na+].[Zn]. The van der Waals surface area contributed by atoms with Gasteiger partial charge in [-0.3, -0.25) is 0 Å². The van der Waals surface area contributed by atoms with Crippen molar-refractivity contribution < 1.29 is 67.5 Å². The van der Waals surface area contributed by atoms with Crippen LogP contribution in [0.2, 0.25) is 0 Å². The Hall–Kier alpha value is 2.57. The standard InChI is InChI=1S/Fe.Na.H3P.Zn.H/h;;1H3;;/q;+1;;;-1. The normalized spacial score (nSPS) is 0. The van der Waals surface area contributed by atoms with Gasteiger partial charge >= 0.3 is 29.6 Å². The molecule has 0 saturated heterocycles. The first-order valence-corrected chi connectivity index (χ1v) is 0. The molecule has 0 heterocycles. The van der Waals surface area contributed by atoms with Crippen LogP contribution in [0.15, 0.2) is 0 Å². The smallest absolute Gasteiger partial charge is 1.00 e. The molecule has 0 rings (SSSR count). The van der Waals surface area contributed by atoms with Crippen LogP contribution in [0.5, 0.6) is 0 Å². The maximum absolute atomic E-state index is 0. The molecule has 0 bridgehead atoms. The van der Waals surface area contributed by atoms with Crippen LogP contribution < -0.4 is 29.6 Å². The summed E-state index contributed by atoms with van der Waals surface area (Å²) in [5.41, 5.74) is 0. The molecule has 0 N–H and O–H groups in total. The third-order valence-corrected chi connectivity index (χ3v) is 0. The van der Waals surface area contributed by atoms with Crippen molar-refractivity contribution >= 4 is 9.90 Å². The third-order valence-electron chi connectivity index (χ3n) is 0. The minimum Gasteiger partial charge on any atom is -1.00 e. The van der Waals surface area contributed by atoms with Gasteiger partial charge < -0.3 is 1.43 Å². The molecule has 4 heavy (non-hydrogen) atoms. The first-order valence-electron chi connectivity index (χ1n) is 0. The van der Waals surface area contributed by atoms with Gasteiger partial charge in [-0.25, -0.2) is 0 Å². The van der Waals surface area contributed by atoms with Crippen LogP contribution in [0.25, 0.3) is 0 Å². The molecule has 1 unspecified atom stereocenters.